The molecule has 3 aromatic carbocycles. The number of carbonyl (C=O) groups is 2. The number of ether oxygens (including phenoxy) is 2. The summed E-state index contributed by atoms with van der Waals surface area (Å²) in [5, 5.41) is 31.0. The average Bonchev–Trinajstić information content (AvgIpc) is 3.83. The van der Waals surface area contributed by atoms with Crippen LogP contribution in [0, 0.1) is 23.0 Å². The Morgan fingerprint density at radius 1 is 1.18 bits per heavy atom. The summed E-state index contributed by atoms with van der Waals surface area (Å²) in [5.74, 6) is -2.90. The number of amides is 1. The van der Waals surface area contributed by atoms with Crippen LogP contribution in [0.1, 0.15) is 54.6 Å². The van der Waals surface area contributed by atoms with Crippen molar-refractivity contribution in [3.05, 3.63) is 117 Å². The molecule has 0 saturated carbocycles. The van der Waals surface area contributed by atoms with E-state index < -0.39 is 41.4 Å². The van der Waals surface area contributed by atoms with Crippen molar-refractivity contribution in [1.82, 2.24) is 20.1 Å². The number of aromatic nitrogens is 4. The molecule has 0 saturated heterocycles. The SMILES string of the molecule is CCN(C(=O)OC(C)[n+]1cnn(CC(O)(c2cc(F)ccc2F)C(C)c2nc(-c3ccc(C#N)cc3)cs2)c1)c1cccc(Cl)c1COC(=O)CNC.Cl.[Cl-]. The fourth-order valence-corrected chi connectivity index (χ4v) is 6.83. The third-order valence-electron chi connectivity index (χ3n) is 8.63. The summed E-state index contributed by atoms with van der Waals surface area (Å²) in [4.78, 5) is 31.5. The zero-order valence-corrected chi connectivity index (χ0v) is 33.2. The lowest BCUT2D eigenvalue weighted by Crippen LogP contribution is -3.00. The van der Waals surface area contributed by atoms with Crippen molar-refractivity contribution in [2.45, 2.75) is 51.7 Å². The van der Waals surface area contributed by atoms with Crippen LogP contribution in [0.2, 0.25) is 5.02 Å². The Morgan fingerprint density at radius 2 is 1.91 bits per heavy atom. The van der Waals surface area contributed by atoms with Crippen molar-refractivity contribution in [3.8, 4) is 17.3 Å². The van der Waals surface area contributed by atoms with Crippen molar-refractivity contribution < 1.29 is 49.9 Å². The number of nitrogens with one attached hydrogen (secondary N) is 1. The highest BCUT2D eigenvalue weighted by Gasteiger charge is 2.43. The number of halogens is 5. The molecule has 1 amide bonds. The monoisotopic (exact) mass is 835 g/mol. The molecule has 55 heavy (non-hydrogen) atoms. The van der Waals surface area contributed by atoms with Crippen molar-refractivity contribution >= 4 is 53.1 Å². The Labute approximate surface area is 338 Å². The molecule has 0 aliphatic rings. The van der Waals surface area contributed by atoms with E-state index in [4.69, 9.17) is 31.3 Å². The Hall–Kier alpha value is -4.69. The summed E-state index contributed by atoms with van der Waals surface area (Å²) in [5.41, 5.74) is 0.327. The van der Waals surface area contributed by atoms with Gasteiger partial charge in [-0.15, -0.1) is 28.4 Å². The van der Waals surface area contributed by atoms with Gasteiger partial charge >= 0.3 is 12.1 Å². The summed E-state index contributed by atoms with van der Waals surface area (Å²) in [6.45, 7) is 4.73. The normalized spacial score (nSPS) is 12.9. The highest BCUT2D eigenvalue weighted by Crippen LogP contribution is 2.41. The molecule has 0 spiro atoms. The summed E-state index contributed by atoms with van der Waals surface area (Å²) >= 11 is 7.69. The van der Waals surface area contributed by atoms with E-state index in [-0.39, 0.29) is 56.6 Å². The number of thiazole rings is 1. The van der Waals surface area contributed by atoms with Crippen molar-refractivity contribution in [2.75, 3.05) is 25.0 Å². The number of benzene rings is 3. The minimum atomic E-state index is -2.05. The van der Waals surface area contributed by atoms with Gasteiger partial charge in [0, 0.05) is 51.6 Å². The van der Waals surface area contributed by atoms with Crippen LogP contribution in [-0.2, 0) is 33.0 Å². The Kier molecular flexibility index (Phi) is 16.1. The third-order valence-corrected chi connectivity index (χ3v) is 10.0. The van der Waals surface area contributed by atoms with Crippen molar-refractivity contribution in [1.29, 1.82) is 5.26 Å². The lowest BCUT2D eigenvalue weighted by molar-refractivity contribution is -0.753. The summed E-state index contributed by atoms with van der Waals surface area (Å²) < 4.78 is 43.8. The Bertz CT molecular complexity index is 2130. The van der Waals surface area contributed by atoms with Crippen LogP contribution in [-0.4, -0.2) is 52.1 Å². The van der Waals surface area contributed by atoms with Gasteiger partial charge in [-0.1, -0.05) is 36.7 Å². The summed E-state index contributed by atoms with van der Waals surface area (Å²) in [6.07, 6.45) is 1.21. The van der Waals surface area contributed by atoms with Crippen LogP contribution >= 0.6 is 35.3 Å². The maximum Gasteiger partial charge on any atom is 0.417 e. The number of likely N-dealkylation sites (N-methyl/N-ethyl adjacent to an activating group) is 1. The predicted molar refractivity (Wildman–Crippen MR) is 200 cm³/mol. The quantitative estimate of drug-likeness (QED) is 0.127. The van der Waals surface area contributed by atoms with Gasteiger partial charge in [0.05, 0.1) is 34.6 Å². The van der Waals surface area contributed by atoms with Gasteiger partial charge < -0.3 is 32.3 Å². The predicted octanol–water partition coefficient (Wildman–Crippen LogP) is 3.66. The van der Waals surface area contributed by atoms with Gasteiger partial charge in [0.25, 0.3) is 6.33 Å². The first-order valence-electron chi connectivity index (χ1n) is 16.5. The molecule has 5 aromatic rings. The standard InChI is InChI=1S/C37H37ClF2N7O5S.2ClH/c1-5-47(33-8-6-7-30(38)28(33)18-51-34(48)17-42-4)36(49)52-24(3)45-21-43-46(22-45)20-37(50,29-15-27(39)13-14-31(29)40)23(2)35-44-32(19-53-35)26-11-9-25(16-41)10-12-26;;/h6-15,19,21-24,42,50H,5,17-18,20H2,1-4H3;2*1H/q+1;;/p-1. The number of carbonyl (C=O) groups excluding carboxylic acids is 2. The Balaban J connectivity index is 0.00000406. The minimum absolute atomic E-state index is 0. The first kappa shape index (κ1) is 44.7. The molecule has 0 radical (unpaired) electrons. The van der Waals surface area contributed by atoms with Gasteiger partial charge in [-0.3, -0.25) is 9.69 Å². The molecule has 3 atom stereocenters. The van der Waals surface area contributed by atoms with Crippen LogP contribution in [0.4, 0.5) is 19.3 Å². The highest BCUT2D eigenvalue weighted by molar-refractivity contribution is 7.10. The number of hydrogen-bond acceptors (Lipinski definition) is 10. The van der Waals surface area contributed by atoms with E-state index in [1.807, 2.05) is 0 Å². The maximum atomic E-state index is 15.4. The number of hydrogen-bond donors (Lipinski definition) is 2. The van der Waals surface area contributed by atoms with Crippen molar-refractivity contribution in [2.24, 2.45) is 0 Å². The molecule has 12 nitrogen and oxygen atoms in total. The molecular formula is C37H38Cl3F2N7O5S. The first-order valence-corrected chi connectivity index (χ1v) is 17.8. The Morgan fingerprint density at radius 3 is 2.58 bits per heavy atom. The number of anilines is 1. The van der Waals surface area contributed by atoms with Crippen LogP contribution < -0.4 is 27.2 Å². The van der Waals surface area contributed by atoms with Crippen LogP contribution in [0.5, 0.6) is 0 Å². The second kappa shape index (κ2) is 19.8. The topological polar surface area (TPSA) is 146 Å². The number of rotatable bonds is 14. The van der Waals surface area contributed by atoms with Gasteiger partial charge in [-0.05, 0) is 56.4 Å². The minimum Gasteiger partial charge on any atom is -1.00 e. The van der Waals surface area contributed by atoms with E-state index >= 15 is 4.39 Å². The zero-order chi connectivity index (χ0) is 38.3. The second-order valence-electron chi connectivity index (χ2n) is 12.1. The van der Waals surface area contributed by atoms with Gasteiger partial charge in [0.15, 0.2) is 0 Å². The molecular weight excluding hydrogens is 799 g/mol. The molecule has 0 bridgehead atoms. The van der Waals surface area contributed by atoms with Crippen LogP contribution in [0.15, 0.2) is 78.7 Å². The molecule has 292 valence electrons. The molecule has 3 unspecified atom stereocenters. The molecule has 0 fully saturated rings. The number of nitrogens with zero attached hydrogens (tertiary/aromatic N) is 6. The molecule has 0 aliphatic heterocycles. The molecule has 2 aromatic heterocycles. The van der Waals surface area contributed by atoms with Crippen LogP contribution in [0.25, 0.3) is 11.3 Å². The van der Waals surface area contributed by atoms with Crippen LogP contribution in [0.3, 0.4) is 0 Å². The highest BCUT2D eigenvalue weighted by atomic mass is 35.5. The number of esters is 1. The lowest BCUT2D eigenvalue weighted by Gasteiger charge is -2.32. The molecule has 2 heterocycles. The molecule has 2 N–H and O–H groups in total. The van der Waals surface area contributed by atoms with E-state index in [0.717, 1.165) is 23.8 Å². The van der Waals surface area contributed by atoms with E-state index in [1.54, 1.807) is 75.7 Å². The molecule has 18 heteroatoms. The number of nitriles is 1. The van der Waals surface area contributed by atoms with E-state index in [9.17, 15) is 19.1 Å². The lowest BCUT2D eigenvalue weighted by atomic mass is 9.82. The second-order valence-corrected chi connectivity index (χ2v) is 13.4. The fraction of sp³-hybridized carbons (Fsp3) is 0.297. The summed E-state index contributed by atoms with van der Waals surface area (Å²) in [7, 11) is 1.61. The number of aliphatic hydroxyl groups is 1. The van der Waals surface area contributed by atoms with E-state index in [1.165, 1.54) is 38.1 Å². The average molecular weight is 837 g/mol. The first-order chi connectivity index (χ1) is 25.4. The zero-order valence-electron chi connectivity index (χ0n) is 30.1. The van der Waals surface area contributed by atoms with Gasteiger partial charge in [0.1, 0.15) is 30.4 Å². The summed E-state index contributed by atoms with van der Waals surface area (Å²) in [6, 6.07) is 16.8. The van der Waals surface area contributed by atoms with Crippen molar-refractivity contribution in [3.63, 3.8) is 0 Å². The largest absolute Gasteiger partial charge is 1.00 e. The fourth-order valence-electron chi connectivity index (χ4n) is 5.64. The third kappa shape index (κ3) is 10.3. The molecule has 0 aliphatic carbocycles. The van der Waals surface area contributed by atoms with E-state index in [0.29, 0.717) is 32.5 Å². The maximum absolute atomic E-state index is 15.4. The smallest absolute Gasteiger partial charge is 0.417 e. The van der Waals surface area contributed by atoms with Gasteiger partial charge in [0.2, 0.25) is 12.6 Å². The van der Waals surface area contributed by atoms with Gasteiger partial charge in [-0.2, -0.15) is 9.83 Å². The van der Waals surface area contributed by atoms with Gasteiger partial charge in [-0.25, -0.2) is 18.6 Å². The molecule has 5 rings (SSSR count). The van der Waals surface area contributed by atoms with E-state index in [2.05, 4.69) is 16.5 Å².